The van der Waals surface area contributed by atoms with Crippen molar-refractivity contribution in [3.05, 3.63) is 18.2 Å². The van der Waals surface area contributed by atoms with E-state index in [4.69, 9.17) is 14.6 Å². The highest BCUT2D eigenvalue weighted by Crippen LogP contribution is 2.34. The molecule has 0 bridgehead atoms. The van der Waals surface area contributed by atoms with Crippen molar-refractivity contribution < 1.29 is 27.8 Å². The lowest BCUT2D eigenvalue weighted by Gasteiger charge is -2.21. The van der Waals surface area contributed by atoms with Gasteiger partial charge in [0.25, 0.3) is 0 Å². The Hall–Kier alpha value is -1.45. The van der Waals surface area contributed by atoms with Crippen LogP contribution in [0.5, 0.6) is 11.5 Å². The second-order valence-electron chi connectivity index (χ2n) is 4.26. The zero-order valence-electron chi connectivity index (χ0n) is 11.5. The van der Waals surface area contributed by atoms with Crippen LogP contribution >= 0.6 is 11.8 Å². The van der Waals surface area contributed by atoms with Crippen molar-refractivity contribution in [1.82, 2.24) is 4.31 Å². The molecule has 21 heavy (non-hydrogen) atoms. The van der Waals surface area contributed by atoms with Gasteiger partial charge >= 0.3 is 5.97 Å². The summed E-state index contributed by atoms with van der Waals surface area (Å²) in [5.74, 6) is -0.246. The van der Waals surface area contributed by atoms with E-state index in [1.54, 1.807) is 0 Å². The molecule has 1 atom stereocenters. The molecule has 0 aliphatic carbocycles. The van der Waals surface area contributed by atoms with Crippen LogP contribution in [0.3, 0.4) is 0 Å². The van der Waals surface area contributed by atoms with Gasteiger partial charge < -0.3 is 14.6 Å². The monoisotopic (exact) mass is 333 g/mol. The van der Waals surface area contributed by atoms with Crippen molar-refractivity contribution in [3.63, 3.8) is 0 Å². The van der Waals surface area contributed by atoms with E-state index in [0.717, 1.165) is 4.31 Å². The summed E-state index contributed by atoms with van der Waals surface area (Å²) in [6, 6.07) is 3.24. The van der Waals surface area contributed by atoms with Crippen molar-refractivity contribution >= 4 is 27.8 Å². The largest absolute Gasteiger partial charge is 0.497 e. The van der Waals surface area contributed by atoms with Gasteiger partial charge in [-0.3, -0.25) is 4.79 Å². The zero-order valence-corrected chi connectivity index (χ0v) is 13.1. The molecule has 0 radical (unpaired) electrons. The lowest BCUT2D eigenvalue weighted by atomic mass is 10.3. The number of nitrogens with zero attached hydrogens (tertiary/aromatic N) is 1. The summed E-state index contributed by atoms with van der Waals surface area (Å²) in [4.78, 5) is 11.1. The molecule has 9 heteroatoms. The minimum atomic E-state index is -3.95. The van der Waals surface area contributed by atoms with E-state index < -0.39 is 22.0 Å². The second-order valence-corrected chi connectivity index (χ2v) is 7.12. The number of methoxy groups -OCH3 is 2. The second kappa shape index (κ2) is 6.12. The fourth-order valence-electron chi connectivity index (χ4n) is 1.97. The number of ether oxygens (including phenoxy) is 2. The first-order valence-electron chi connectivity index (χ1n) is 5.96. The van der Waals surface area contributed by atoms with E-state index in [1.165, 1.54) is 44.2 Å². The van der Waals surface area contributed by atoms with E-state index in [0.29, 0.717) is 5.75 Å². The van der Waals surface area contributed by atoms with Crippen LogP contribution in [0.1, 0.15) is 0 Å². The number of benzene rings is 1. The fourth-order valence-corrected chi connectivity index (χ4v) is 5.25. The molecule has 0 saturated carbocycles. The number of hydrogen-bond donors (Lipinski definition) is 1. The number of sulfonamides is 1. The van der Waals surface area contributed by atoms with Gasteiger partial charge in [-0.15, -0.1) is 11.8 Å². The van der Waals surface area contributed by atoms with Gasteiger partial charge in [-0.1, -0.05) is 0 Å². The summed E-state index contributed by atoms with van der Waals surface area (Å²) in [6.45, 7) is 0. The Bertz CT molecular complexity index is 645. The number of rotatable bonds is 5. The topological polar surface area (TPSA) is 93.1 Å². The molecule has 1 aromatic carbocycles. The minimum absolute atomic E-state index is 0.0699. The summed E-state index contributed by atoms with van der Waals surface area (Å²) in [6.07, 6.45) is 0. The van der Waals surface area contributed by atoms with Crippen LogP contribution in [0, 0.1) is 0 Å². The van der Waals surface area contributed by atoms with Gasteiger partial charge in [-0.2, -0.15) is 4.31 Å². The first-order chi connectivity index (χ1) is 9.91. The Labute approximate surface area is 126 Å². The molecule has 0 aromatic heterocycles. The average Bonchev–Trinajstić information content (AvgIpc) is 2.96. The Morgan fingerprint density at radius 1 is 1.38 bits per heavy atom. The lowest BCUT2D eigenvalue weighted by molar-refractivity contribution is -0.140. The van der Waals surface area contributed by atoms with E-state index in [2.05, 4.69) is 0 Å². The van der Waals surface area contributed by atoms with Gasteiger partial charge in [-0.25, -0.2) is 8.42 Å². The summed E-state index contributed by atoms with van der Waals surface area (Å²) in [5.41, 5.74) is 0. The summed E-state index contributed by atoms with van der Waals surface area (Å²) in [5, 5.41) is 9.13. The molecule has 1 fully saturated rings. The van der Waals surface area contributed by atoms with Crippen LogP contribution in [0.25, 0.3) is 0 Å². The molecule has 1 aliphatic heterocycles. The predicted octanol–water partition coefficient (Wildman–Crippen LogP) is 0.852. The molecule has 1 heterocycles. The molecule has 0 spiro atoms. The van der Waals surface area contributed by atoms with Crippen LogP contribution < -0.4 is 9.47 Å². The SMILES string of the molecule is COc1ccc(S(=O)(=O)N2CSC[C@H]2C(=O)O)c(OC)c1. The number of aliphatic carboxylic acids is 1. The highest BCUT2D eigenvalue weighted by molar-refractivity contribution is 8.00. The molecule has 0 amide bonds. The third-order valence-electron chi connectivity index (χ3n) is 3.08. The number of thioether (sulfide) groups is 1. The van der Waals surface area contributed by atoms with E-state index in [9.17, 15) is 13.2 Å². The number of carbonyl (C=O) groups is 1. The first-order valence-corrected chi connectivity index (χ1v) is 8.55. The molecule has 1 N–H and O–H groups in total. The standard InChI is InChI=1S/C12H15NO6S2/c1-18-8-3-4-11(10(5-8)19-2)21(16,17)13-7-20-6-9(13)12(14)15/h3-5,9H,6-7H2,1-2H3,(H,14,15)/t9-/m0/s1. The van der Waals surface area contributed by atoms with E-state index in [-0.39, 0.29) is 22.3 Å². The van der Waals surface area contributed by atoms with Crippen LogP contribution in [-0.2, 0) is 14.8 Å². The van der Waals surface area contributed by atoms with E-state index >= 15 is 0 Å². The summed E-state index contributed by atoms with van der Waals surface area (Å²) < 4.78 is 36.4. The summed E-state index contributed by atoms with van der Waals surface area (Å²) >= 11 is 1.26. The third kappa shape index (κ3) is 2.94. The van der Waals surface area contributed by atoms with Gasteiger partial charge in [0, 0.05) is 11.8 Å². The van der Waals surface area contributed by atoms with Crippen LogP contribution in [0.15, 0.2) is 23.1 Å². The molecule has 0 unspecified atom stereocenters. The Kier molecular flexibility index (Phi) is 4.64. The fraction of sp³-hybridized carbons (Fsp3) is 0.417. The van der Waals surface area contributed by atoms with Crippen LogP contribution in [-0.4, -0.2) is 55.7 Å². The van der Waals surface area contributed by atoms with Gasteiger partial charge in [0.2, 0.25) is 10.0 Å². The van der Waals surface area contributed by atoms with E-state index in [1.807, 2.05) is 0 Å². The van der Waals surface area contributed by atoms with Crippen LogP contribution in [0.2, 0.25) is 0 Å². The molecule has 2 rings (SSSR count). The Morgan fingerprint density at radius 2 is 2.10 bits per heavy atom. The van der Waals surface area contributed by atoms with Gasteiger partial charge in [0.15, 0.2) is 0 Å². The maximum Gasteiger partial charge on any atom is 0.322 e. The highest BCUT2D eigenvalue weighted by Gasteiger charge is 2.41. The lowest BCUT2D eigenvalue weighted by Crippen LogP contribution is -2.41. The summed E-state index contributed by atoms with van der Waals surface area (Å²) in [7, 11) is -1.14. The number of carboxylic acid groups (broad SMARTS) is 1. The van der Waals surface area contributed by atoms with Gasteiger partial charge in [-0.05, 0) is 12.1 Å². The molecule has 1 aliphatic rings. The van der Waals surface area contributed by atoms with Crippen molar-refractivity contribution in [3.8, 4) is 11.5 Å². The van der Waals surface area contributed by atoms with Crippen molar-refractivity contribution in [2.45, 2.75) is 10.9 Å². The smallest absolute Gasteiger partial charge is 0.322 e. The molecule has 1 aromatic rings. The molecular formula is C12H15NO6S2. The normalized spacial score (nSPS) is 19.4. The van der Waals surface area contributed by atoms with Crippen LogP contribution in [0.4, 0.5) is 0 Å². The number of carboxylic acids is 1. The zero-order chi connectivity index (χ0) is 15.6. The molecule has 7 nitrogen and oxygen atoms in total. The quantitative estimate of drug-likeness (QED) is 0.854. The first kappa shape index (κ1) is 15.9. The maximum absolute atomic E-state index is 12.7. The Morgan fingerprint density at radius 3 is 2.67 bits per heavy atom. The average molecular weight is 333 g/mol. The highest BCUT2D eigenvalue weighted by atomic mass is 32.2. The number of hydrogen-bond acceptors (Lipinski definition) is 6. The maximum atomic E-state index is 12.7. The third-order valence-corrected chi connectivity index (χ3v) is 6.15. The molecular weight excluding hydrogens is 318 g/mol. The van der Waals surface area contributed by atoms with Crippen molar-refractivity contribution in [1.29, 1.82) is 0 Å². The minimum Gasteiger partial charge on any atom is -0.497 e. The predicted molar refractivity (Wildman–Crippen MR) is 77.3 cm³/mol. The van der Waals surface area contributed by atoms with Gasteiger partial charge in [0.05, 0.1) is 20.1 Å². The van der Waals surface area contributed by atoms with Crippen molar-refractivity contribution in [2.24, 2.45) is 0 Å². The molecule has 116 valence electrons. The van der Waals surface area contributed by atoms with Gasteiger partial charge in [0.1, 0.15) is 22.4 Å². The Balaban J connectivity index is 2.46. The van der Waals surface area contributed by atoms with Crippen molar-refractivity contribution in [2.75, 3.05) is 25.8 Å². The molecule has 1 saturated heterocycles.